The number of carbonyl (C=O) groups excluding carboxylic acids is 1. The van der Waals surface area contributed by atoms with Gasteiger partial charge in [-0.15, -0.1) is 0 Å². The average Bonchev–Trinajstić information content (AvgIpc) is 3.32. The Kier molecular flexibility index (Phi) is 5.03. The highest BCUT2D eigenvalue weighted by molar-refractivity contribution is 5.82. The van der Waals surface area contributed by atoms with E-state index in [1.54, 1.807) is 7.11 Å². The van der Waals surface area contributed by atoms with Crippen molar-refractivity contribution < 1.29 is 14.7 Å². The van der Waals surface area contributed by atoms with E-state index in [4.69, 9.17) is 15.7 Å². The van der Waals surface area contributed by atoms with Gasteiger partial charge in [-0.1, -0.05) is 17.3 Å². The normalized spacial score (nSPS) is 14.8. The van der Waals surface area contributed by atoms with E-state index in [1.165, 1.54) is 0 Å². The lowest BCUT2D eigenvalue weighted by atomic mass is 10.1. The number of carbonyl (C=O) groups is 1. The maximum atomic E-state index is 12.4. The zero-order valence-corrected chi connectivity index (χ0v) is 12.2. The number of hydrogen-bond donors (Lipinski definition) is 2. The molecule has 0 radical (unpaired) electrons. The standard InChI is InChI=1S/C15H21N3O3/c1-21-13-6-2-11(3-7-13)10-15(19)18(12-4-5-12)9-8-14(16)17-20/h2-3,6-7,12,20H,4-5,8-10H2,1H3,(H2,16,17). The second kappa shape index (κ2) is 6.97. The van der Waals surface area contributed by atoms with Crippen molar-refractivity contribution in [3.05, 3.63) is 29.8 Å². The molecule has 114 valence electrons. The van der Waals surface area contributed by atoms with Gasteiger partial charge < -0.3 is 20.6 Å². The Bertz CT molecular complexity index is 509. The molecule has 1 aromatic rings. The van der Waals surface area contributed by atoms with Gasteiger partial charge in [0.2, 0.25) is 5.91 Å². The molecule has 0 aliphatic heterocycles. The van der Waals surface area contributed by atoms with E-state index < -0.39 is 0 Å². The maximum Gasteiger partial charge on any atom is 0.227 e. The Labute approximate surface area is 124 Å². The first-order valence-corrected chi connectivity index (χ1v) is 7.03. The van der Waals surface area contributed by atoms with Crippen molar-refractivity contribution in [3.63, 3.8) is 0 Å². The average molecular weight is 291 g/mol. The summed E-state index contributed by atoms with van der Waals surface area (Å²) < 4.78 is 5.10. The Morgan fingerprint density at radius 1 is 1.43 bits per heavy atom. The fourth-order valence-electron chi connectivity index (χ4n) is 2.20. The largest absolute Gasteiger partial charge is 0.497 e. The number of oxime groups is 1. The Morgan fingerprint density at radius 3 is 2.62 bits per heavy atom. The van der Waals surface area contributed by atoms with Crippen LogP contribution < -0.4 is 10.5 Å². The van der Waals surface area contributed by atoms with Gasteiger partial charge in [0.05, 0.1) is 13.5 Å². The number of amides is 1. The molecule has 21 heavy (non-hydrogen) atoms. The summed E-state index contributed by atoms with van der Waals surface area (Å²) in [6.07, 6.45) is 2.81. The molecule has 3 N–H and O–H groups in total. The van der Waals surface area contributed by atoms with E-state index in [1.807, 2.05) is 29.2 Å². The molecule has 1 aliphatic rings. The lowest BCUT2D eigenvalue weighted by Crippen LogP contribution is -2.36. The van der Waals surface area contributed by atoms with Gasteiger partial charge in [-0.25, -0.2) is 0 Å². The molecule has 1 saturated carbocycles. The summed E-state index contributed by atoms with van der Waals surface area (Å²) >= 11 is 0. The molecule has 1 aromatic carbocycles. The van der Waals surface area contributed by atoms with Gasteiger partial charge in [0.25, 0.3) is 0 Å². The number of amidine groups is 1. The third-order valence-corrected chi connectivity index (χ3v) is 3.56. The zero-order valence-electron chi connectivity index (χ0n) is 12.2. The van der Waals surface area contributed by atoms with E-state index in [-0.39, 0.29) is 11.7 Å². The van der Waals surface area contributed by atoms with Crippen molar-refractivity contribution in [3.8, 4) is 5.75 Å². The summed E-state index contributed by atoms with van der Waals surface area (Å²) in [7, 11) is 1.61. The van der Waals surface area contributed by atoms with Crippen LogP contribution in [0.5, 0.6) is 5.75 Å². The molecule has 1 fully saturated rings. The van der Waals surface area contributed by atoms with Crippen LogP contribution in [0, 0.1) is 0 Å². The Hall–Kier alpha value is -2.24. The number of nitrogens with two attached hydrogens (primary N) is 1. The van der Waals surface area contributed by atoms with Crippen LogP contribution in [0.4, 0.5) is 0 Å². The minimum atomic E-state index is 0.0772. The quantitative estimate of drug-likeness (QED) is 0.344. The molecular weight excluding hydrogens is 270 g/mol. The fourth-order valence-corrected chi connectivity index (χ4v) is 2.20. The topological polar surface area (TPSA) is 88.2 Å². The fraction of sp³-hybridized carbons (Fsp3) is 0.467. The van der Waals surface area contributed by atoms with Crippen LogP contribution >= 0.6 is 0 Å². The first-order chi connectivity index (χ1) is 10.1. The molecule has 0 atom stereocenters. The number of methoxy groups -OCH3 is 1. The minimum Gasteiger partial charge on any atom is -0.497 e. The van der Waals surface area contributed by atoms with Gasteiger partial charge in [0.15, 0.2) is 0 Å². The van der Waals surface area contributed by atoms with Crippen LogP contribution in [-0.2, 0) is 11.2 Å². The molecule has 2 rings (SSSR count). The third kappa shape index (κ3) is 4.37. The molecule has 0 unspecified atom stereocenters. The summed E-state index contributed by atoms with van der Waals surface area (Å²) in [6.45, 7) is 0.496. The van der Waals surface area contributed by atoms with Crippen molar-refractivity contribution >= 4 is 11.7 Å². The second-order valence-electron chi connectivity index (χ2n) is 5.18. The van der Waals surface area contributed by atoms with Crippen molar-refractivity contribution in [2.45, 2.75) is 31.7 Å². The van der Waals surface area contributed by atoms with E-state index >= 15 is 0 Å². The van der Waals surface area contributed by atoms with Crippen LogP contribution in [0.2, 0.25) is 0 Å². The molecule has 0 spiro atoms. The number of hydrogen-bond acceptors (Lipinski definition) is 4. The number of nitrogens with zero attached hydrogens (tertiary/aromatic N) is 2. The predicted molar refractivity (Wildman–Crippen MR) is 79.5 cm³/mol. The van der Waals surface area contributed by atoms with E-state index in [9.17, 15) is 4.79 Å². The number of benzene rings is 1. The van der Waals surface area contributed by atoms with Crippen molar-refractivity contribution in [1.29, 1.82) is 0 Å². The molecule has 0 saturated heterocycles. The van der Waals surface area contributed by atoms with Crippen LogP contribution in [0.15, 0.2) is 29.4 Å². The van der Waals surface area contributed by atoms with E-state index in [0.717, 1.165) is 24.2 Å². The maximum absolute atomic E-state index is 12.4. The molecule has 0 aromatic heterocycles. The van der Waals surface area contributed by atoms with Gasteiger partial charge in [-0.3, -0.25) is 4.79 Å². The van der Waals surface area contributed by atoms with Crippen molar-refractivity contribution in [1.82, 2.24) is 4.90 Å². The minimum absolute atomic E-state index is 0.0772. The van der Waals surface area contributed by atoms with E-state index in [0.29, 0.717) is 25.4 Å². The lowest BCUT2D eigenvalue weighted by Gasteiger charge is -2.22. The number of rotatable bonds is 7. The molecular formula is C15H21N3O3. The first kappa shape index (κ1) is 15.2. The lowest BCUT2D eigenvalue weighted by molar-refractivity contribution is -0.130. The summed E-state index contributed by atoms with van der Waals surface area (Å²) in [5, 5.41) is 11.5. The SMILES string of the molecule is COc1ccc(CC(=O)N(CCC(N)=NO)C2CC2)cc1. The Morgan fingerprint density at radius 2 is 2.10 bits per heavy atom. The Balaban J connectivity index is 1.94. The molecule has 1 aliphatic carbocycles. The molecule has 0 heterocycles. The molecule has 1 amide bonds. The van der Waals surface area contributed by atoms with Gasteiger partial charge in [0, 0.05) is 19.0 Å². The van der Waals surface area contributed by atoms with Gasteiger partial charge >= 0.3 is 0 Å². The smallest absolute Gasteiger partial charge is 0.227 e. The highest BCUT2D eigenvalue weighted by atomic mass is 16.5. The van der Waals surface area contributed by atoms with Crippen molar-refractivity contribution in [2.75, 3.05) is 13.7 Å². The van der Waals surface area contributed by atoms with Crippen LogP contribution in [0.3, 0.4) is 0 Å². The monoisotopic (exact) mass is 291 g/mol. The summed E-state index contributed by atoms with van der Waals surface area (Å²) in [6, 6.07) is 7.79. The number of ether oxygens (including phenoxy) is 1. The molecule has 0 bridgehead atoms. The van der Waals surface area contributed by atoms with Crippen LogP contribution in [0.1, 0.15) is 24.8 Å². The summed E-state index contributed by atoms with van der Waals surface area (Å²) in [5.74, 6) is 1.00. The summed E-state index contributed by atoms with van der Waals surface area (Å²) in [5.41, 5.74) is 6.43. The second-order valence-corrected chi connectivity index (χ2v) is 5.18. The zero-order chi connectivity index (χ0) is 15.2. The highest BCUT2D eigenvalue weighted by Gasteiger charge is 2.32. The van der Waals surface area contributed by atoms with Crippen LogP contribution in [-0.4, -0.2) is 41.5 Å². The third-order valence-electron chi connectivity index (χ3n) is 3.56. The van der Waals surface area contributed by atoms with Crippen LogP contribution in [0.25, 0.3) is 0 Å². The summed E-state index contributed by atoms with van der Waals surface area (Å²) in [4.78, 5) is 14.2. The van der Waals surface area contributed by atoms with Crippen molar-refractivity contribution in [2.24, 2.45) is 10.9 Å². The molecule has 6 heteroatoms. The van der Waals surface area contributed by atoms with E-state index in [2.05, 4.69) is 5.16 Å². The first-order valence-electron chi connectivity index (χ1n) is 7.03. The highest BCUT2D eigenvalue weighted by Crippen LogP contribution is 2.27. The van der Waals surface area contributed by atoms with Gasteiger partial charge in [0.1, 0.15) is 11.6 Å². The van der Waals surface area contributed by atoms with Gasteiger partial charge in [-0.05, 0) is 30.5 Å². The predicted octanol–water partition coefficient (Wildman–Crippen LogP) is 1.37. The molecule has 6 nitrogen and oxygen atoms in total. The van der Waals surface area contributed by atoms with Gasteiger partial charge in [-0.2, -0.15) is 0 Å².